The Morgan fingerprint density at radius 1 is 0.720 bits per heavy atom. The van der Waals surface area contributed by atoms with E-state index >= 15 is 0 Å². The molecule has 0 spiro atoms. The normalized spacial score (nSPS) is 11.4. The minimum Gasteiger partial charge on any atom is -0.282 e. The van der Waals surface area contributed by atoms with Crippen molar-refractivity contribution in [3.63, 3.8) is 0 Å². The van der Waals surface area contributed by atoms with Crippen LogP contribution in [-0.4, -0.2) is 25.9 Å². The fraction of sp³-hybridized carbons (Fsp3) is 0.200. The van der Waals surface area contributed by atoms with Gasteiger partial charge in [-0.05, 0) is 54.7 Å². The van der Waals surface area contributed by atoms with Gasteiger partial charge in [-0.15, -0.1) is 0 Å². The molecule has 130 valence electrons. The van der Waals surface area contributed by atoms with Gasteiger partial charge < -0.3 is 0 Å². The fourth-order valence-electron chi connectivity index (χ4n) is 2.30. The van der Waals surface area contributed by atoms with Gasteiger partial charge in [0.15, 0.2) is 0 Å². The SMILES string of the molecule is Cc1ccc(Cc2ccc(C)c(S(=O)(=O)O)c2)cc1S(=O)(=O)O.[Y].[Y]. The molecule has 2 radical (unpaired) electrons. The second-order valence-electron chi connectivity index (χ2n) is 5.33. The first-order chi connectivity index (χ1) is 10.5. The third-order valence-corrected chi connectivity index (χ3v) is 5.46. The molecule has 6 nitrogen and oxygen atoms in total. The first-order valence-electron chi connectivity index (χ1n) is 6.62. The standard InChI is InChI=1S/C15H16O6S2.2Y/c1-10-3-5-12(8-14(10)22(16,17)18)7-13-6-4-11(2)15(9-13)23(19,20)21;;/h3-6,8-9H,7H2,1-2H3,(H,16,17,18)(H,19,20,21);;. The second kappa shape index (κ2) is 9.60. The Kier molecular flexibility index (Phi) is 9.78. The zero-order valence-corrected chi connectivity index (χ0v) is 21.0. The number of rotatable bonds is 4. The van der Waals surface area contributed by atoms with Gasteiger partial charge in [0.2, 0.25) is 0 Å². The Hall–Kier alpha value is 0.468. The van der Waals surface area contributed by atoms with Gasteiger partial charge in [0.25, 0.3) is 20.2 Å². The number of hydrogen-bond donors (Lipinski definition) is 2. The van der Waals surface area contributed by atoms with Crippen molar-refractivity contribution in [1.82, 2.24) is 0 Å². The van der Waals surface area contributed by atoms with E-state index in [-0.39, 0.29) is 81.6 Å². The molecule has 0 saturated heterocycles. The van der Waals surface area contributed by atoms with Gasteiger partial charge in [0.05, 0.1) is 9.79 Å². The van der Waals surface area contributed by atoms with Crippen LogP contribution in [0.3, 0.4) is 0 Å². The molecule has 0 aliphatic carbocycles. The molecule has 0 amide bonds. The summed E-state index contributed by atoms with van der Waals surface area (Å²) in [6, 6.07) is 9.20. The van der Waals surface area contributed by atoms with Crippen molar-refractivity contribution < 1.29 is 91.4 Å². The molecule has 25 heavy (non-hydrogen) atoms. The molecule has 2 rings (SSSR count). The Bertz CT molecular complexity index is 890. The van der Waals surface area contributed by atoms with E-state index in [0.717, 1.165) is 0 Å². The van der Waals surface area contributed by atoms with Crippen LogP contribution in [0.15, 0.2) is 46.2 Å². The summed E-state index contributed by atoms with van der Waals surface area (Å²) in [5.41, 5.74) is 2.01. The van der Waals surface area contributed by atoms with Crippen LogP contribution in [0.4, 0.5) is 0 Å². The van der Waals surface area contributed by atoms with E-state index in [1.807, 2.05) is 0 Å². The summed E-state index contributed by atoms with van der Waals surface area (Å²) >= 11 is 0. The third-order valence-electron chi connectivity index (χ3n) is 3.47. The van der Waals surface area contributed by atoms with Gasteiger partial charge in [-0.3, -0.25) is 9.11 Å². The summed E-state index contributed by atoms with van der Waals surface area (Å²) in [5.74, 6) is 0. The zero-order chi connectivity index (χ0) is 17.4. The molecule has 2 N–H and O–H groups in total. The Morgan fingerprint density at radius 2 is 1.04 bits per heavy atom. The summed E-state index contributed by atoms with van der Waals surface area (Å²) in [7, 11) is -8.64. The molecule has 0 saturated carbocycles. The molecular formula is C15H16O6S2Y2. The van der Waals surface area contributed by atoms with Crippen LogP contribution in [0, 0.1) is 13.8 Å². The van der Waals surface area contributed by atoms with Crippen LogP contribution in [-0.2, 0) is 92.1 Å². The topological polar surface area (TPSA) is 109 Å². The molecule has 0 unspecified atom stereocenters. The van der Waals surface area contributed by atoms with Gasteiger partial charge >= 0.3 is 0 Å². The molecule has 10 heteroatoms. The van der Waals surface area contributed by atoms with E-state index in [0.29, 0.717) is 22.3 Å². The largest absolute Gasteiger partial charge is 0.294 e. The van der Waals surface area contributed by atoms with Crippen LogP contribution < -0.4 is 0 Å². The van der Waals surface area contributed by atoms with Gasteiger partial charge in [-0.1, -0.05) is 24.3 Å². The van der Waals surface area contributed by atoms with E-state index < -0.39 is 20.2 Å². The van der Waals surface area contributed by atoms with Crippen LogP contribution in [0.1, 0.15) is 22.3 Å². The van der Waals surface area contributed by atoms with Gasteiger partial charge in [0, 0.05) is 65.4 Å². The Morgan fingerprint density at radius 3 is 1.32 bits per heavy atom. The summed E-state index contributed by atoms with van der Waals surface area (Å²) < 4.78 is 63.7. The first kappa shape index (κ1) is 25.5. The average Bonchev–Trinajstić information content (AvgIpc) is 2.40. The third kappa shape index (κ3) is 6.85. The quantitative estimate of drug-likeness (QED) is 0.584. The predicted octanol–water partition coefficient (Wildman–Crippen LogP) is 2.38. The van der Waals surface area contributed by atoms with Crippen molar-refractivity contribution in [2.45, 2.75) is 30.1 Å². The Balaban J connectivity index is 0.00000288. The maximum absolute atomic E-state index is 11.3. The first-order valence-corrected chi connectivity index (χ1v) is 9.50. The molecule has 0 aliphatic rings. The fourth-order valence-corrected chi connectivity index (χ4v) is 3.85. The molecule has 0 heterocycles. The van der Waals surface area contributed by atoms with Gasteiger partial charge in [-0.2, -0.15) is 16.8 Å². The maximum Gasteiger partial charge on any atom is 0.294 e. The van der Waals surface area contributed by atoms with Crippen LogP contribution in [0.5, 0.6) is 0 Å². The average molecular weight is 534 g/mol. The summed E-state index contributed by atoms with van der Waals surface area (Å²) in [6.07, 6.45) is 0.256. The molecule has 2 aromatic rings. The van der Waals surface area contributed by atoms with Crippen LogP contribution in [0.2, 0.25) is 0 Å². The molecule has 0 atom stereocenters. The van der Waals surface area contributed by atoms with E-state index in [1.54, 1.807) is 38.1 Å². The van der Waals surface area contributed by atoms with Crippen LogP contribution >= 0.6 is 0 Å². The summed E-state index contributed by atoms with van der Waals surface area (Å²) in [6.45, 7) is 3.13. The second-order valence-corrected chi connectivity index (χ2v) is 8.11. The maximum atomic E-state index is 11.3. The predicted molar refractivity (Wildman–Crippen MR) is 84.8 cm³/mol. The van der Waals surface area contributed by atoms with E-state index in [9.17, 15) is 25.9 Å². The minimum absolute atomic E-state index is 0. The zero-order valence-electron chi connectivity index (χ0n) is 13.7. The summed E-state index contributed by atoms with van der Waals surface area (Å²) in [5, 5.41) is 0. The van der Waals surface area contributed by atoms with Crippen molar-refractivity contribution in [3.05, 3.63) is 58.7 Å². The van der Waals surface area contributed by atoms with Gasteiger partial charge in [-0.25, -0.2) is 0 Å². The number of aryl methyl sites for hydroxylation is 2. The van der Waals surface area contributed by atoms with Crippen LogP contribution in [0.25, 0.3) is 0 Å². The number of hydrogen-bond acceptors (Lipinski definition) is 4. The van der Waals surface area contributed by atoms with E-state index in [2.05, 4.69) is 0 Å². The van der Waals surface area contributed by atoms with Crippen molar-refractivity contribution in [2.75, 3.05) is 0 Å². The molecule has 0 bridgehead atoms. The van der Waals surface area contributed by atoms with E-state index in [4.69, 9.17) is 0 Å². The molecule has 2 aromatic carbocycles. The van der Waals surface area contributed by atoms with Crippen molar-refractivity contribution in [3.8, 4) is 0 Å². The number of benzene rings is 2. The van der Waals surface area contributed by atoms with Crippen molar-refractivity contribution >= 4 is 20.2 Å². The summed E-state index contributed by atoms with van der Waals surface area (Å²) in [4.78, 5) is -0.366. The van der Waals surface area contributed by atoms with Gasteiger partial charge in [0.1, 0.15) is 0 Å². The van der Waals surface area contributed by atoms with E-state index in [1.165, 1.54) is 12.1 Å². The molecule has 0 fully saturated rings. The minimum atomic E-state index is -4.32. The Labute approximate surface area is 198 Å². The molecular weight excluding hydrogens is 518 g/mol. The molecule has 0 aliphatic heterocycles. The van der Waals surface area contributed by atoms with Crippen molar-refractivity contribution in [2.24, 2.45) is 0 Å². The van der Waals surface area contributed by atoms with Crippen molar-refractivity contribution in [1.29, 1.82) is 0 Å². The smallest absolute Gasteiger partial charge is 0.282 e. The monoisotopic (exact) mass is 534 g/mol. The molecule has 0 aromatic heterocycles.